The molecule has 0 saturated carbocycles. The van der Waals surface area contributed by atoms with Crippen LogP contribution in [0.3, 0.4) is 0 Å². The molecule has 0 spiro atoms. The third kappa shape index (κ3) is 2.71. The first kappa shape index (κ1) is 14.6. The molecule has 1 atom stereocenters. The van der Waals surface area contributed by atoms with Gasteiger partial charge in [0.15, 0.2) is 0 Å². The van der Waals surface area contributed by atoms with Gasteiger partial charge in [0, 0.05) is 25.9 Å². The van der Waals surface area contributed by atoms with Gasteiger partial charge in [-0.15, -0.1) is 10.2 Å². The van der Waals surface area contributed by atoms with E-state index in [0.717, 1.165) is 25.1 Å². The molecular formula is C15H19N5O2. The van der Waals surface area contributed by atoms with Crippen LogP contribution in [0.1, 0.15) is 34.9 Å². The maximum atomic E-state index is 12.6. The predicted octanol–water partition coefficient (Wildman–Crippen LogP) is 1.38. The van der Waals surface area contributed by atoms with E-state index in [4.69, 9.17) is 4.74 Å². The number of ether oxygens (including phenoxy) is 1. The zero-order valence-corrected chi connectivity index (χ0v) is 12.8. The van der Waals surface area contributed by atoms with Crippen LogP contribution in [0.15, 0.2) is 24.3 Å². The van der Waals surface area contributed by atoms with Gasteiger partial charge in [0.05, 0.1) is 7.05 Å². The molecule has 0 N–H and O–H groups in total. The minimum atomic E-state index is -0.203. The number of aryl methyl sites for hydroxylation is 1. The van der Waals surface area contributed by atoms with Crippen molar-refractivity contribution >= 4 is 11.6 Å². The van der Waals surface area contributed by atoms with E-state index in [-0.39, 0.29) is 11.7 Å². The summed E-state index contributed by atoms with van der Waals surface area (Å²) in [5, 5.41) is 11.6. The van der Waals surface area contributed by atoms with Gasteiger partial charge in [0.1, 0.15) is 0 Å². The highest BCUT2D eigenvalue weighted by atomic mass is 16.5. The van der Waals surface area contributed by atoms with Gasteiger partial charge in [-0.2, -0.15) is 4.80 Å². The Balaban J connectivity index is 1.89. The average Bonchev–Trinajstić information content (AvgIpc) is 2.98. The molecule has 1 aromatic carbocycles. The van der Waals surface area contributed by atoms with Crippen LogP contribution in [0.2, 0.25) is 0 Å². The second kappa shape index (κ2) is 6.23. The number of methoxy groups -OCH3 is 1. The molecule has 1 aliphatic heterocycles. The van der Waals surface area contributed by atoms with Crippen molar-refractivity contribution in [1.29, 1.82) is 0 Å². The fourth-order valence-corrected chi connectivity index (χ4v) is 2.90. The Kier molecular flexibility index (Phi) is 4.15. The maximum Gasteiger partial charge on any atom is 0.299 e. The van der Waals surface area contributed by atoms with Crippen LogP contribution in [-0.4, -0.2) is 46.4 Å². The van der Waals surface area contributed by atoms with Gasteiger partial charge in [-0.1, -0.05) is 18.2 Å². The lowest BCUT2D eigenvalue weighted by molar-refractivity contribution is 0.0973. The topological polar surface area (TPSA) is 73.1 Å². The highest BCUT2D eigenvalue weighted by Gasteiger charge is 2.30. The number of nitrogens with zero attached hydrogens (tertiary/aromatic N) is 5. The van der Waals surface area contributed by atoms with E-state index in [1.54, 1.807) is 19.1 Å². The summed E-state index contributed by atoms with van der Waals surface area (Å²) in [5.41, 5.74) is 2.12. The Bertz CT molecular complexity index is 669. The molecule has 7 heteroatoms. The number of benzene rings is 1. The predicted molar refractivity (Wildman–Crippen MR) is 80.8 cm³/mol. The molecule has 3 rings (SSSR count). The summed E-state index contributed by atoms with van der Waals surface area (Å²) >= 11 is 0. The normalized spacial score (nSPS) is 17.4. The monoisotopic (exact) mass is 301 g/mol. The molecule has 0 fully saturated rings. The molecule has 1 aliphatic rings. The number of fused-ring (bicyclic) bond motifs is 1. The average molecular weight is 301 g/mol. The number of amides is 1. The van der Waals surface area contributed by atoms with Crippen molar-refractivity contribution in [3.8, 4) is 0 Å². The highest BCUT2D eigenvalue weighted by Crippen LogP contribution is 2.37. The van der Waals surface area contributed by atoms with E-state index in [1.807, 2.05) is 18.2 Å². The lowest BCUT2D eigenvalue weighted by atomic mass is 9.87. The number of rotatable bonds is 4. The van der Waals surface area contributed by atoms with Gasteiger partial charge in [0.2, 0.25) is 0 Å². The van der Waals surface area contributed by atoms with Crippen molar-refractivity contribution in [1.82, 2.24) is 20.2 Å². The summed E-state index contributed by atoms with van der Waals surface area (Å²) in [6.45, 7) is 1.38. The summed E-state index contributed by atoms with van der Waals surface area (Å²) < 4.78 is 5.19. The Labute approximate surface area is 128 Å². The number of tetrazole rings is 1. The zero-order chi connectivity index (χ0) is 15.5. The van der Waals surface area contributed by atoms with Gasteiger partial charge in [-0.05, 0) is 35.6 Å². The Morgan fingerprint density at radius 1 is 1.41 bits per heavy atom. The molecule has 7 nitrogen and oxygen atoms in total. The largest absolute Gasteiger partial charge is 0.385 e. The lowest BCUT2D eigenvalue weighted by Crippen LogP contribution is -2.37. The molecule has 2 aromatic rings. The molecule has 0 aliphatic carbocycles. The SMILES string of the molecule is COCCC1CCN(C(=O)c2nnn(C)n2)c2ccccc21. The number of anilines is 1. The Morgan fingerprint density at radius 2 is 2.23 bits per heavy atom. The van der Waals surface area contributed by atoms with Crippen LogP contribution in [0, 0.1) is 0 Å². The third-order valence-electron chi connectivity index (χ3n) is 3.98. The molecule has 0 radical (unpaired) electrons. The summed E-state index contributed by atoms with van der Waals surface area (Å²) in [6.07, 6.45) is 1.87. The lowest BCUT2D eigenvalue weighted by Gasteiger charge is -2.33. The van der Waals surface area contributed by atoms with Crippen LogP contribution >= 0.6 is 0 Å². The van der Waals surface area contributed by atoms with E-state index in [0.29, 0.717) is 12.5 Å². The number of para-hydroxylation sites is 1. The molecule has 116 valence electrons. The van der Waals surface area contributed by atoms with Crippen molar-refractivity contribution in [2.45, 2.75) is 18.8 Å². The third-order valence-corrected chi connectivity index (χ3v) is 3.98. The van der Waals surface area contributed by atoms with Crippen LogP contribution < -0.4 is 4.90 Å². The van der Waals surface area contributed by atoms with Crippen molar-refractivity contribution in [3.63, 3.8) is 0 Å². The summed E-state index contributed by atoms with van der Waals surface area (Å²) in [4.78, 5) is 15.7. The first-order valence-electron chi connectivity index (χ1n) is 7.34. The first-order valence-corrected chi connectivity index (χ1v) is 7.34. The zero-order valence-electron chi connectivity index (χ0n) is 12.8. The fraction of sp³-hybridized carbons (Fsp3) is 0.467. The molecule has 1 unspecified atom stereocenters. The van der Waals surface area contributed by atoms with E-state index in [1.165, 1.54) is 10.4 Å². The highest BCUT2D eigenvalue weighted by molar-refractivity contribution is 6.04. The summed E-state index contributed by atoms with van der Waals surface area (Å²) in [6, 6.07) is 8.01. The maximum absolute atomic E-state index is 12.6. The van der Waals surface area contributed by atoms with Crippen molar-refractivity contribution in [2.75, 3.05) is 25.2 Å². The van der Waals surface area contributed by atoms with E-state index in [2.05, 4.69) is 21.5 Å². The molecule has 22 heavy (non-hydrogen) atoms. The van der Waals surface area contributed by atoms with E-state index < -0.39 is 0 Å². The Morgan fingerprint density at radius 3 is 2.95 bits per heavy atom. The van der Waals surface area contributed by atoms with Crippen molar-refractivity contribution in [2.24, 2.45) is 7.05 Å². The van der Waals surface area contributed by atoms with Crippen molar-refractivity contribution < 1.29 is 9.53 Å². The van der Waals surface area contributed by atoms with Gasteiger partial charge in [-0.25, -0.2) is 0 Å². The first-order chi connectivity index (χ1) is 10.7. The summed E-state index contributed by atoms with van der Waals surface area (Å²) in [7, 11) is 3.36. The molecule has 2 heterocycles. The molecule has 0 saturated heterocycles. The summed E-state index contributed by atoms with van der Waals surface area (Å²) in [5.74, 6) is 0.341. The van der Waals surface area contributed by atoms with Gasteiger partial charge >= 0.3 is 0 Å². The smallest absolute Gasteiger partial charge is 0.299 e. The number of aromatic nitrogens is 4. The van der Waals surface area contributed by atoms with Crippen LogP contribution in [0.4, 0.5) is 5.69 Å². The number of carbonyl (C=O) groups is 1. The van der Waals surface area contributed by atoms with Crippen LogP contribution in [0.5, 0.6) is 0 Å². The molecular weight excluding hydrogens is 282 g/mol. The minimum Gasteiger partial charge on any atom is -0.385 e. The van der Waals surface area contributed by atoms with Gasteiger partial charge < -0.3 is 9.64 Å². The number of carbonyl (C=O) groups excluding carboxylic acids is 1. The number of hydrogen-bond donors (Lipinski definition) is 0. The minimum absolute atomic E-state index is 0.132. The van der Waals surface area contributed by atoms with Gasteiger partial charge in [-0.3, -0.25) is 4.79 Å². The molecule has 0 bridgehead atoms. The second-order valence-corrected chi connectivity index (χ2v) is 5.39. The number of hydrogen-bond acceptors (Lipinski definition) is 5. The fourth-order valence-electron chi connectivity index (χ4n) is 2.90. The quantitative estimate of drug-likeness (QED) is 0.853. The van der Waals surface area contributed by atoms with Crippen molar-refractivity contribution in [3.05, 3.63) is 35.7 Å². The van der Waals surface area contributed by atoms with Gasteiger partial charge in [0.25, 0.3) is 11.7 Å². The second-order valence-electron chi connectivity index (χ2n) is 5.39. The van der Waals surface area contributed by atoms with E-state index >= 15 is 0 Å². The molecule has 1 aromatic heterocycles. The van der Waals surface area contributed by atoms with Crippen LogP contribution in [-0.2, 0) is 11.8 Å². The van der Waals surface area contributed by atoms with E-state index in [9.17, 15) is 4.79 Å². The Hall–Kier alpha value is -2.28. The molecule has 1 amide bonds. The standard InChI is InChI=1S/C15H19N5O2/c1-19-17-14(16-18-19)15(21)20-9-7-11(8-10-22-2)12-5-3-4-6-13(12)20/h3-6,11H,7-10H2,1-2H3. The van der Waals surface area contributed by atoms with Crippen LogP contribution in [0.25, 0.3) is 0 Å².